The lowest BCUT2D eigenvalue weighted by Gasteiger charge is -2.15. The first-order chi connectivity index (χ1) is 18.9. The van der Waals surface area contributed by atoms with E-state index in [1.165, 1.54) is 0 Å². The number of nitrogens with zero attached hydrogens (tertiary/aromatic N) is 3. The fourth-order valence-electron chi connectivity index (χ4n) is 4.76. The van der Waals surface area contributed by atoms with Crippen molar-refractivity contribution in [1.82, 2.24) is 14.7 Å². The molecule has 5 rings (SSSR count). The van der Waals surface area contributed by atoms with Gasteiger partial charge in [0.05, 0.1) is 5.56 Å². The van der Waals surface area contributed by atoms with Crippen molar-refractivity contribution in [2.24, 2.45) is 5.73 Å². The number of anilines is 3. The fourth-order valence-corrected chi connectivity index (χ4v) is 4.76. The van der Waals surface area contributed by atoms with E-state index < -0.39 is 0 Å². The van der Waals surface area contributed by atoms with E-state index in [-0.39, 0.29) is 5.91 Å². The van der Waals surface area contributed by atoms with Crippen LogP contribution in [0.4, 0.5) is 17.2 Å². The summed E-state index contributed by atoms with van der Waals surface area (Å²) in [7, 11) is 4.04. The van der Waals surface area contributed by atoms with Crippen molar-refractivity contribution in [3.8, 4) is 11.3 Å². The van der Waals surface area contributed by atoms with Gasteiger partial charge in [0.15, 0.2) is 5.65 Å². The van der Waals surface area contributed by atoms with Crippen LogP contribution in [0, 0.1) is 13.8 Å². The van der Waals surface area contributed by atoms with E-state index in [4.69, 9.17) is 10.7 Å². The summed E-state index contributed by atoms with van der Waals surface area (Å²) in [6.07, 6.45) is 1.94. The Hall–Kier alpha value is -4.62. The number of benzene rings is 3. The van der Waals surface area contributed by atoms with Crippen LogP contribution in [0.2, 0.25) is 0 Å². The van der Waals surface area contributed by atoms with Crippen LogP contribution in [0.3, 0.4) is 0 Å². The molecule has 0 aliphatic rings. The summed E-state index contributed by atoms with van der Waals surface area (Å²) in [6.45, 7) is 5.04. The topological polar surface area (TPSA) is 87.7 Å². The van der Waals surface area contributed by atoms with Crippen LogP contribution in [0.5, 0.6) is 0 Å². The quantitative estimate of drug-likeness (QED) is 0.241. The number of fused-ring (bicyclic) bond motifs is 1. The van der Waals surface area contributed by atoms with Gasteiger partial charge in [0, 0.05) is 50.3 Å². The van der Waals surface area contributed by atoms with Gasteiger partial charge in [0.1, 0.15) is 11.5 Å². The highest BCUT2D eigenvalue weighted by atomic mass is 16.1. The number of carbonyl (C=O) groups excluding carboxylic acids is 1. The normalized spacial score (nSPS) is 11.0. The summed E-state index contributed by atoms with van der Waals surface area (Å²) in [5.74, 6) is 0.627. The molecule has 0 fully saturated rings. The molecule has 2 heterocycles. The average Bonchev–Trinajstić information content (AvgIpc) is 3.32. The van der Waals surface area contributed by atoms with Crippen LogP contribution in [0.25, 0.3) is 16.9 Å². The minimum atomic E-state index is -0.183. The van der Waals surface area contributed by atoms with Crippen LogP contribution < -0.4 is 21.3 Å². The van der Waals surface area contributed by atoms with Gasteiger partial charge in [-0.2, -0.15) is 0 Å². The standard InChI is InChI=1S/C32H34N6O/c1-21-8-5-9-22(2)28(21)35-31-29(25-13-15-26(16-14-25)37(3)4)36-30-27(12-7-17-38(30)31)32(39)34-20-24-11-6-10-23(18-24)19-33/h5-18,35H,19-20,33H2,1-4H3,(H,34,39). The Balaban J connectivity index is 1.57. The molecular weight excluding hydrogens is 484 g/mol. The zero-order valence-corrected chi connectivity index (χ0v) is 22.8. The van der Waals surface area contributed by atoms with Crippen molar-refractivity contribution in [3.63, 3.8) is 0 Å². The number of nitrogens with one attached hydrogen (secondary N) is 2. The maximum absolute atomic E-state index is 13.4. The molecule has 0 saturated heterocycles. The molecule has 0 atom stereocenters. The summed E-state index contributed by atoms with van der Waals surface area (Å²) in [4.78, 5) is 20.5. The number of aryl methyl sites for hydroxylation is 2. The zero-order chi connectivity index (χ0) is 27.5. The summed E-state index contributed by atoms with van der Waals surface area (Å²) < 4.78 is 1.96. The molecule has 4 N–H and O–H groups in total. The molecule has 3 aromatic carbocycles. The Morgan fingerprint density at radius 2 is 1.62 bits per heavy atom. The average molecular weight is 519 g/mol. The molecule has 198 valence electrons. The van der Waals surface area contributed by atoms with Gasteiger partial charge in [-0.15, -0.1) is 0 Å². The van der Waals surface area contributed by atoms with E-state index in [1.54, 1.807) is 0 Å². The zero-order valence-electron chi connectivity index (χ0n) is 22.8. The number of amides is 1. The monoisotopic (exact) mass is 518 g/mol. The third-order valence-corrected chi connectivity index (χ3v) is 6.96. The molecule has 0 unspecified atom stereocenters. The number of hydrogen-bond donors (Lipinski definition) is 3. The van der Waals surface area contributed by atoms with Crippen LogP contribution in [-0.2, 0) is 13.1 Å². The number of carbonyl (C=O) groups is 1. The van der Waals surface area contributed by atoms with Crippen LogP contribution in [-0.4, -0.2) is 29.4 Å². The number of rotatable bonds is 8. The summed E-state index contributed by atoms with van der Waals surface area (Å²) >= 11 is 0. The van der Waals surface area contributed by atoms with Gasteiger partial charge in [0.25, 0.3) is 5.91 Å². The van der Waals surface area contributed by atoms with Crippen molar-refractivity contribution in [1.29, 1.82) is 0 Å². The van der Waals surface area contributed by atoms with Gasteiger partial charge >= 0.3 is 0 Å². The maximum atomic E-state index is 13.4. The first-order valence-corrected chi connectivity index (χ1v) is 13.0. The summed E-state index contributed by atoms with van der Waals surface area (Å²) in [6, 6.07) is 26.1. The van der Waals surface area contributed by atoms with Crippen molar-refractivity contribution < 1.29 is 4.79 Å². The third kappa shape index (κ3) is 5.35. The number of aromatic nitrogens is 2. The van der Waals surface area contributed by atoms with Crippen molar-refractivity contribution in [3.05, 3.63) is 113 Å². The molecular formula is C32H34N6O. The Kier molecular flexibility index (Phi) is 7.34. The number of imidazole rings is 1. The third-order valence-electron chi connectivity index (χ3n) is 6.96. The van der Waals surface area contributed by atoms with Gasteiger partial charge in [-0.05, 0) is 60.4 Å². The van der Waals surface area contributed by atoms with E-state index >= 15 is 0 Å². The lowest BCUT2D eigenvalue weighted by atomic mass is 10.1. The SMILES string of the molecule is Cc1cccc(C)c1Nc1c(-c2ccc(N(C)C)cc2)nc2c(C(=O)NCc3cccc(CN)c3)cccn12. The minimum absolute atomic E-state index is 0.183. The molecule has 0 spiro atoms. The molecule has 0 aliphatic heterocycles. The number of para-hydroxylation sites is 1. The predicted molar refractivity (Wildman–Crippen MR) is 160 cm³/mol. The molecule has 0 bridgehead atoms. The van der Waals surface area contributed by atoms with E-state index in [2.05, 4.69) is 71.8 Å². The van der Waals surface area contributed by atoms with Gasteiger partial charge < -0.3 is 21.3 Å². The largest absolute Gasteiger partial charge is 0.378 e. The van der Waals surface area contributed by atoms with Crippen molar-refractivity contribution >= 4 is 28.7 Å². The first-order valence-electron chi connectivity index (χ1n) is 13.0. The molecule has 2 aromatic heterocycles. The molecule has 1 amide bonds. The van der Waals surface area contributed by atoms with Crippen LogP contribution >= 0.6 is 0 Å². The van der Waals surface area contributed by atoms with E-state index in [0.717, 1.165) is 50.7 Å². The minimum Gasteiger partial charge on any atom is -0.378 e. The Morgan fingerprint density at radius 3 is 2.31 bits per heavy atom. The lowest BCUT2D eigenvalue weighted by Crippen LogP contribution is -2.23. The van der Waals surface area contributed by atoms with Gasteiger partial charge in [-0.3, -0.25) is 9.20 Å². The molecule has 39 heavy (non-hydrogen) atoms. The highest BCUT2D eigenvalue weighted by molar-refractivity contribution is 6.01. The van der Waals surface area contributed by atoms with Crippen molar-refractivity contribution in [2.75, 3.05) is 24.3 Å². The van der Waals surface area contributed by atoms with E-state index in [0.29, 0.717) is 24.3 Å². The van der Waals surface area contributed by atoms with Crippen LogP contribution in [0.15, 0.2) is 85.1 Å². The summed E-state index contributed by atoms with van der Waals surface area (Å²) in [5, 5.41) is 6.71. The smallest absolute Gasteiger partial charge is 0.255 e. The highest BCUT2D eigenvalue weighted by Gasteiger charge is 2.20. The second-order valence-electron chi connectivity index (χ2n) is 9.96. The maximum Gasteiger partial charge on any atom is 0.255 e. The second kappa shape index (κ2) is 11.0. The van der Waals surface area contributed by atoms with Crippen LogP contribution in [0.1, 0.15) is 32.6 Å². The number of nitrogens with two attached hydrogens (primary N) is 1. The molecule has 0 radical (unpaired) electrons. The van der Waals surface area contributed by atoms with E-state index in [1.807, 2.05) is 61.1 Å². The highest BCUT2D eigenvalue weighted by Crippen LogP contribution is 2.34. The number of pyridine rings is 1. The number of hydrogen-bond acceptors (Lipinski definition) is 5. The Labute approximate surface area is 229 Å². The molecule has 7 heteroatoms. The van der Waals surface area contributed by atoms with Crippen molar-refractivity contribution in [2.45, 2.75) is 26.9 Å². The molecule has 7 nitrogen and oxygen atoms in total. The second-order valence-corrected chi connectivity index (χ2v) is 9.96. The van der Waals surface area contributed by atoms with Gasteiger partial charge in [-0.25, -0.2) is 4.98 Å². The Morgan fingerprint density at radius 1 is 0.923 bits per heavy atom. The first kappa shape index (κ1) is 26.0. The summed E-state index contributed by atoms with van der Waals surface area (Å²) in [5.41, 5.74) is 15.0. The lowest BCUT2D eigenvalue weighted by molar-refractivity contribution is 0.0952. The van der Waals surface area contributed by atoms with E-state index in [9.17, 15) is 4.79 Å². The fraction of sp³-hybridized carbons (Fsp3) is 0.188. The predicted octanol–water partition coefficient (Wildman–Crippen LogP) is 5.82. The molecule has 0 saturated carbocycles. The Bertz CT molecular complexity index is 1610. The molecule has 0 aliphatic carbocycles. The van der Waals surface area contributed by atoms with Gasteiger partial charge in [0.2, 0.25) is 0 Å². The molecule has 5 aromatic rings. The van der Waals surface area contributed by atoms with Gasteiger partial charge in [-0.1, -0.05) is 54.6 Å².